The minimum atomic E-state index is -3.90. The van der Waals surface area contributed by atoms with Gasteiger partial charge in [-0.05, 0) is 56.2 Å². The Hall–Kier alpha value is -3.27. The number of halogens is 1. The molecule has 34 heavy (non-hydrogen) atoms. The summed E-state index contributed by atoms with van der Waals surface area (Å²) in [6.07, 6.45) is 1.64. The fourth-order valence-electron chi connectivity index (χ4n) is 2.90. The number of sulfonamides is 1. The molecule has 0 saturated heterocycles. The van der Waals surface area contributed by atoms with Gasteiger partial charge < -0.3 is 9.84 Å². The van der Waals surface area contributed by atoms with Crippen LogP contribution >= 0.6 is 0 Å². The number of amides is 1. The summed E-state index contributed by atoms with van der Waals surface area (Å²) in [5.41, 5.74) is 0.111. The zero-order chi connectivity index (χ0) is 24.9. The minimum Gasteiger partial charge on any atom is -0.339 e. The van der Waals surface area contributed by atoms with Crippen LogP contribution in [0.15, 0.2) is 57.9 Å². The Morgan fingerprint density at radius 3 is 2.47 bits per heavy atom. The van der Waals surface area contributed by atoms with E-state index in [1.165, 1.54) is 38.1 Å². The van der Waals surface area contributed by atoms with E-state index in [0.29, 0.717) is 41.0 Å². The van der Waals surface area contributed by atoms with Crippen LogP contribution in [0.4, 0.5) is 15.8 Å². The lowest BCUT2D eigenvalue weighted by atomic mass is 9.94. The number of benzene rings is 2. The third-order valence-electron chi connectivity index (χ3n) is 5.43. The van der Waals surface area contributed by atoms with Gasteiger partial charge in [-0.15, -0.1) is 0 Å². The molecule has 1 heterocycles. The molecule has 1 aromatic heterocycles. The highest BCUT2D eigenvalue weighted by Crippen LogP contribution is 2.24. The fourth-order valence-corrected chi connectivity index (χ4v) is 4.00. The van der Waals surface area contributed by atoms with Crippen LogP contribution in [0.3, 0.4) is 0 Å². The van der Waals surface area contributed by atoms with Gasteiger partial charge in [0.25, 0.3) is 10.0 Å². The number of carbonyl (C=O) groups is 1. The van der Waals surface area contributed by atoms with E-state index in [2.05, 4.69) is 34.0 Å². The summed E-state index contributed by atoms with van der Waals surface area (Å²) < 4.78 is 46.6. The summed E-state index contributed by atoms with van der Waals surface area (Å²) in [4.78, 5) is 16.5. The Morgan fingerprint density at radius 2 is 1.82 bits per heavy atom. The van der Waals surface area contributed by atoms with Gasteiger partial charge in [-0.1, -0.05) is 37.6 Å². The first kappa shape index (κ1) is 25.4. The Labute approximate surface area is 199 Å². The molecule has 0 bridgehead atoms. The summed E-state index contributed by atoms with van der Waals surface area (Å²) in [5.74, 6) is 0.775. The standard InChI is InChI=1S/C24H29FN4O4S/c1-5-16(2)13-21-27-22(28-33-21)17-7-6-8-20(14-17)34(31,32)29-19-11-9-18(10-12-19)26-23(30)24(3,4)15-25/h6-12,14,16,29H,5,13,15H2,1-4H3,(H,26,30). The SMILES string of the molecule is CCC(C)Cc1nc(-c2cccc(S(=O)(=O)Nc3ccc(NC(=O)C(C)(C)CF)cc3)c2)no1. The van der Waals surface area contributed by atoms with Gasteiger partial charge in [-0.25, -0.2) is 12.8 Å². The molecule has 0 radical (unpaired) electrons. The predicted molar refractivity (Wildman–Crippen MR) is 129 cm³/mol. The number of anilines is 2. The van der Waals surface area contributed by atoms with E-state index in [4.69, 9.17) is 4.52 Å². The maximum Gasteiger partial charge on any atom is 0.261 e. The summed E-state index contributed by atoms with van der Waals surface area (Å²) in [6, 6.07) is 12.4. The second-order valence-corrected chi connectivity index (χ2v) is 10.6. The number of alkyl halides is 1. The monoisotopic (exact) mass is 488 g/mol. The Kier molecular flexibility index (Phi) is 7.71. The van der Waals surface area contributed by atoms with E-state index in [9.17, 15) is 17.6 Å². The van der Waals surface area contributed by atoms with Crippen molar-refractivity contribution in [3.63, 3.8) is 0 Å². The van der Waals surface area contributed by atoms with Gasteiger partial charge in [-0.3, -0.25) is 9.52 Å². The van der Waals surface area contributed by atoms with E-state index < -0.39 is 28.0 Å². The molecule has 0 aliphatic heterocycles. The molecule has 10 heteroatoms. The van der Waals surface area contributed by atoms with Crippen LogP contribution in [0.1, 0.15) is 40.0 Å². The molecule has 2 N–H and O–H groups in total. The zero-order valence-electron chi connectivity index (χ0n) is 19.6. The Balaban J connectivity index is 1.73. The number of carbonyl (C=O) groups excluding carboxylic acids is 1. The highest BCUT2D eigenvalue weighted by molar-refractivity contribution is 7.92. The van der Waals surface area contributed by atoms with Gasteiger partial charge in [0.1, 0.15) is 6.67 Å². The van der Waals surface area contributed by atoms with Gasteiger partial charge in [0.15, 0.2) is 0 Å². The molecular weight excluding hydrogens is 459 g/mol. The number of nitrogens with one attached hydrogen (secondary N) is 2. The molecule has 182 valence electrons. The second-order valence-electron chi connectivity index (χ2n) is 8.91. The highest BCUT2D eigenvalue weighted by atomic mass is 32.2. The Morgan fingerprint density at radius 1 is 1.15 bits per heavy atom. The third-order valence-corrected chi connectivity index (χ3v) is 6.81. The smallest absolute Gasteiger partial charge is 0.261 e. The predicted octanol–water partition coefficient (Wildman–Crippen LogP) is 5.06. The van der Waals surface area contributed by atoms with Gasteiger partial charge in [0.05, 0.1) is 10.3 Å². The lowest BCUT2D eigenvalue weighted by Crippen LogP contribution is -2.32. The van der Waals surface area contributed by atoms with Crippen molar-refractivity contribution in [1.82, 2.24) is 10.1 Å². The maximum absolute atomic E-state index is 13.0. The largest absolute Gasteiger partial charge is 0.339 e. The van der Waals surface area contributed by atoms with Crippen molar-refractivity contribution in [2.45, 2.75) is 45.4 Å². The first-order valence-electron chi connectivity index (χ1n) is 11.0. The normalized spacial score (nSPS) is 12.9. The van der Waals surface area contributed by atoms with Gasteiger partial charge in [0.2, 0.25) is 17.6 Å². The summed E-state index contributed by atoms with van der Waals surface area (Å²) in [5, 5.41) is 6.60. The van der Waals surface area contributed by atoms with E-state index >= 15 is 0 Å². The Bertz CT molecular complexity index is 1240. The maximum atomic E-state index is 13.0. The summed E-state index contributed by atoms with van der Waals surface area (Å²) in [7, 11) is -3.90. The van der Waals surface area contributed by atoms with E-state index in [0.717, 1.165) is 6.42 Å². The molecule has 1 atom stereocenters. The summed E-state index contributed by atoms with van der Waals surface area (Å²) in [6.45, 7) is 6.38. The van der Waals surface area contributed by atoms with Crippen molar-refractivity contribution >= 4 is 27.3 Å². The van der Waals surface area contributed by atoms with Crippen LogP contribution in [0.2, 0.25) is 0 Å². The van der Waals surface area contributed by atoms with Gasteiger partial charge >= 0.3 is 0 Å². The zero-order valence-corrected chi connectivity index (χ0v) is 20.4. The lowest BCUT2D eigenvalue weighted by Gasteiger charge is -2.19. The average molecular weight is 489 g/mol. The second kappa shape index (κ2) is 10.3. The molecule has 0 fully saturated rings. The van der Waals surface area contributed by atoms with Crippen LogP contribution < -0.4 is 10.0 Å². The molecule has 0 aliphatic rings. The van der Waals surface area contributed by atoms with Crippen LogP contribution in [-0.4, -0.2) is 31.1 Å². The first-order chi connectivity index (χ1) is 16.0. The molecule has 3 aromatic rings. The summed E-state index contributed by atoms with van der Waals surface area (Å²) >= 11 is 0. The van der Waals surface area contributed by atoms with Crippen molar-refractivity contribution in [2.24, 2.45) is 11.3 Å². The first-order valence-corrected chi connectivity index (χ1v) is 12.5. The van der Waals surface area contributed by atoms with Crippen LogP contribution in [0.25, 0.3) is 11.4 Å². The lowest BCUT2D eigenvalue weighted by molar-refractivity contribution is -0.124. The molecule has 0 aliphatic carbocycles. The van der Waals surface area contributed by atoms with Crippen molar-refractivity contribution in [3.05, 3.63) is 54.4 Å². The van der Waals surface area contributed by atoms with Gasteiger partial charge in [0, 0.05) is 23.4 Å². The molecule has 1 unspecified atom stereocenters. The molecule has 0 spiro atoms. The molecule has 2 aromatic carbocycles. The van der Waals surface area contributed by atoms with Crippen molar-refractivity contribution < 1.29 is 22.1 Å². The highest BCUT2D eigenvalue weighted by Gasteiger charge is 2.27. The van der Waals surface area contributed by atoms with E-state index in [1.54, 1.807) is 24.3 Å². The topological polar surface area (TPSA) is 114 Å². The number of hydrogen-bond acceptors (Lipinski definition) is 6. The molecule has 0 saturated carbocycles. The minimum absolute atomic E-state index is 0.0420. The van der Waals surface area contributed by atoms with Crippen LogP contribution in [0.5, 0.6) is 0 Å². The average Bonchev–Trinajstić information content (AvgIpc) is 3.28. The molecule has 3 rings (SSSR count). The fraction of sp³-hybridized carbons (Fsp3) is 0.375. The van der Waals surface area contributed by atoms with Crippen molar-refractivity contribution in [3.8, 4) is 11.4 Å². The van der Waals surface area contributed by atoms with E-state index in [-0.39, 0.29) is 4.90 Å². The number of aromatic nitrogens is 2. The quantitative estimate of drug-likeness (QED) is 0.412. The number of nitrogens with zero attached hydrogens (tertiary/aromatic N) is 2. The van der Waals surface area contributed by atoms with Crippen LogP contribution in [0, 0.1) is 11.3 Å². The van der Waals surface area contributed by atoms with Crippen LogP contribution in [-0.2, 0) is 21.2 Å². The van der Waals surface area contributed by atoms with E-state index in [1.807, 2.05) is 0 Å². The molecular formula is C24H29FN4O4S. The van der Waals surface area contributed by atoms with Gasteiger partial charge in [-0.2, -0.15) is 4.98 Å². The van der Waals surface area contributed by atoms with Crippen molar-refractivity contribution in [1.29, 1.82) is 0 Å². The molecule has 8 nitrogen and oxygen atoms in total. The number of rotatable bonds is 10. The van der Waals surface area contributed by atoms with Crippen molar-refractivity contribution in [2.75, 3.05) is 16.7 Å². The molecule has 1 amide bonds. The third kappa shape index (κ3) is 6.19. The number of hydrogen-bond donors (Lipinski definition) is 2.